The average molecular weight is 401 g/mol. The van der Waals surface area contributed by atoms with Gasteiger partial charge in [0.05, 0.1) is 23.5 Å². The summed E-state index contributed by atoms with van der Waals surface area (Å²) in [4.78, 5) is 12.6. The van der Waals surface area contributed by atoms with Crippen molar-refractivity contribution < 1.29 is 9.13 Å². The van der Waals surface area contributed by atoms with E-state index < -0.39 is 5.54 Å². The minimum atomic E-state index is -0.480. The Kier molecular flexibility index (Phi) is 4.54. The lowest BCUT2D eigenvalue weighted by atomic mass is 10.0. The number of imidazole rings is 1. The highest BCUT2D eigenvalue weighted by molar-refractivity contribution is 6.35. The predicted molar refractivity (Wildman–Crippen MR) is 110 cm³/mol. The molecule has 1 aliphatic carbocycles. The maximum atomic E-state index is 13.1. The minimum Gasteiger partial charge on any atom is -0.494 e. The summed E-state index contributed by atoms with van der Waals surface area (Å²) in [6, 6.07) is 8.18. The fourth-order valence-corrected chi connectivity index (χ4v) is 4.11. The smallest absolute Gasteiger partial charge is 0.150 e. The topological polar surface area (TPSA) is 76.3 Å². The summed E-state index contributed by atoms with van der Waals surface area (Å²) in [5.74, 6) is 1.99. The van der Waals surface area contributed by atoms with Crippen molar-refractivity contribution in [3.05, 3.63) is 58.1 Å². The number of H-pyrrole nitrogens is 1. The van der Waals surface area contributed by atoms with E-state index in [4.69, 9.17) is 27.1 Å². The van der Waals surface area contributed by atoms with Crippen LogP contribution in [-0.4, -0.2) is 22.9 Å². The third-order valence-corrected chi connectivity index (χ3v) is 5.66. The van der Waals surface area contributed by atoms with Gasteiger partial charge in [0.15, 0.2) is 0 Å². The van der Waals surface area contributed by atoms with Gasteiger partial charge in [-0.25, -0.2) is 9.37 Å². The summed E-state index contributed by atoms with van der Waals surface area (Å²) >= 11 is 6.51. The maximum Gasteiger partial charge on any atom is 0.150 e. The Labute approximate surface area is 167 Å². The van der Waals surface area contributed by atoms with E-state index in [2.05, 4.69) is 16.9 Å². The van der Waals surface area contributed by atoms with Crippen LogP contribution in [0.1, 0.15) is 30.3 Å². The van der Waals surface area contributed by atoms with Crippen molar-refractivity contribution in [2.75, 3.05) is 7.11 Å². The molecule has 5 nitrogen and oxygen atoms in total. The molecule has 2 unspecified atom stereocenters. The summed E-state index contributed by atoms with van der Waals surface area (Å²) < 4.78 is 18.9. The lowest BCUT2D eigenvalue weighted by Gasteiger charge is -2.18. The standard InChI is InChI=1S/C21H22ClFN4O/c1-11-10-21(11,27-17(24)8-13-4-6-14(23)7-5-13)15-9-16(22)18-19(20(15)28-3)26-12(2)25-18/h4-7,9,11H,8,10H2,1-3H3,(H2,24,27)(H,25,26). The van der Waals surface area contributed by atoms with E-state index in [1.54, 1.807) is 19.2 Å². The molecule has 0 radical (unpaired) electrons. The number of aromatic nitrogens is 2. The number of nitrogens with two attached hydrogens (primary N) is 1. The number of methoxy groups -OCH3 is 1. The number of aromatic amines is 1. The SMILES string of the molecule is COc1c(C2(N=C(N)Cc3ccc(F)cc3)CC2C)cc(Cl)c2nc(C)[nH]c12. The molecule has 4 rings (SSSR count). The quantitative estimate of drug-likeness (QED) is 0.488. The number of hydrogen-bond donors (Lipinski definition) is 2. The van der Waals surface area contributed by atoms with Crippen molar-refractivity contribution >= 4 is 28.5 Å². The van der Waals surface area contributed by atoms with Crippen LogP contribution < -0.4 is 10.5 Å². The molecule has 7 heteroatoms. The van der Waals surface area contributed by atoms with Gasteiger partial charge in [0.25, 0.3) is 0 Å². The second-order valence-corrected chi connectivity index (χ2v) is 7.83. The van der Waals surface area contributed by atoms with E-state index in [-0.39, 0.29) is 5.82 Å². The van der Waals surface area contributed by atoms with Crippen LogP contribution in [0.5, 0.6) is 5.75 Å². The van der Waals surface area contributed by atoms with Crippen LogP contribution >= 0.6 is 11.6 Å². The molecule has 1 saturated carbocycles. The van der Waals surface area contributed by atoms with Gasteiger partial charge >= 0.3 is 0 Å². The van der Waals surface area contributed by atoms with Gasteiger partial charge in [0, 0.05) is 12.0 Å². The van der Waals surface area contributed by atoms with Crippen molar-refractivity contribution in [1.29, 1.82) is 0 Å². The summed E-state index contributed by atoms with van der Waals surface area (Å²) in [5.41, 5.74) is 9.08. The number of ether oxygens (including phenoxy) is 1. The van der Waals surface area contributed by atoms with E-state index in [9.17, 15) is 4.39 Å². The number of aryl methyl sites for hydroxylation is 1. The highest BCUT2D eigenvalue weighted by atomic mass is 35.5. The number of fused-ring (bicyclic) bond motifs is 1. The number of halogens is 2. The molecule has 1 aliphatic rings. The fourth-order valence-electron chi connectivity index (χ4n) is 3.86. The number of benzene rings is 2. The van der Waals surface area contributed by atoms with Gasteiger partial charge < -0.3 is 15.5 Å². The molecule has 0 aliphatic heterocycles. The Morgan fingerprint density at radius 3 is 2.71 bits per heavy atom. The Hall–Kier alpha value is -2.60. The highest BCUT2D eigenvalue weighted by Crippen LogP contribution is 2.59. The molecular formula is C21H22ClFN4O. The lowest BCUT2D eigenvalue weighted by Crippen LogP contribution is -2.20. The van der Waals surface area contributed by atoms with Crippen molar-refractivity contribution in [3.8, 4) is 5.75 Å². The average Bonchev–Trinajstić information content (AvgIpc) is 3.10. The van der Waals surface area contributed by atoms with Crippen LogP contribution in [0.15, 0.2) is 35.3 Å². The first-order chi connectivity index (χ1) is 13.3. The van der Waals surface area contributed by atoms with Crippen LogP contribution in [0.25, 0.3) is 11.0 Å². The molecule has 0 spiro atoms. The summed E-state index contributed by atoms with van der Waals surface area (Å²) in [7, 11) is 1.63. The molecule has 146 valence electrons. The van der Waals surface area contributed by atoms with E-state index in [1.165, 1.54) is 12.1 Å². The normalized spacial score (nSPS) is 21.9. The summed E-state index contributed by atoms with van der Waals surface area (Å²) in [6.07, 6.45) is 1.30. The largest absolute Gasteiger partial charge is 0.494 e. The number of aliphatic imine (C=N–C) groups is 1. The molecule has 1 fully saturated rings. The Morgan fingerprint density at radius 1 is 1.43 bits per heavy atom. The molecule has 28 heavy (non-hydrogen) atoms. The number of nitrogens with zero attached hydrogens (tertiary/aromatic N) is 2. The van der Waals surface area contributed by atoms with Gasteiger partial charge in [-0.05, 0) is 43.0 Å². The first-order valence-electron chi connectivity index (χ1n) is 9.16. The van der Waals surface area contributed by atoms with Gasteiger partial charge in [-0.2, -0.15) is 0 Å². The first-order valence-corrected chi connectivity index (χ1v) is 9.54. The first kappa shape index (κ1) is 18.7. The number of hydrogen-bond acceptors (Lipinski definition) is 3. The number of amidine groups is 1. The Morgan fingerprint density at radius 2 is 2.11 bits per heavy atom. The second kappa shape index (κ2) is 6.78. The minimum absolute atomic E-state index is 0.269. The second-order valence-electron chi connectivity index (χ2n) is 7.42. The van der Waals surface area contributed by atoms with E-state index >= 15 is 0 Å². The zero-order valence-electron chi connectivity index (χ0n) is 16.0. The summed E-state index contributed by atoms with van der Waals surface area (Å²) in [6.45, 7) is 4.01. The van der Waals surface area contributed by atoms with Crippen molar-refractivity contribution in [2.24, 2.45) is 16.6 Å². The molecule has 0 bridgehead atoms. The van der Waals surface area contributed by atoms with Gasteiger partial charge in [-0.3, -0.25) is 4.99 Å². The van der Waals surface area contributed by atoms with Crippen molar-refractivity contribution in [1.82, 2.24) is 9.97 Å². The number of rotatable bonds is 5. The molecule has 0 saturated heterocycles. The Balaban J connectivity index is 1.76. The molecule has 0 amide bonds. The highest BCUT2D eigenvalue weighted by Gasteiger charge is 2.55. The van der Waals surface area contributed by atoms with Crippen LogP contribution in [-0.2, 0) is 12.0 Å². The lowest BCUT2D eigenvalue weighted by molar-refractivity contribution is 0.407. The molecule has 2 aromatic carbocycles. The van der Waals surface area contributed by atoms with Gasteiger partial charge in [0.2, 0.25) is 0 Å². The molecule has 3 aromatic rings. The fraction of sp³-hybridized carbons (Fsp3) is 0.333. The van der Waals surface area contributed by atoms with Crippen molar-refractivity contribution in [2.45, 2.75) is 32.2 Å². The van der Waals surface area contributed by atoms with Crippen molar-refractivity contribution in [3.63, 3.8) is 0 Å². The zero-order valence-corrected chi connectivity index (χ0v) is 16.8. The molecule has 1 heterocycles. The Bertz CT molecular complexity index is 1080. The predicted octanol–water partition coefficient (Wildman–Crippen LogP) is 4.51. The van der Waals surface area contributed by atoms with Gasteiger partial charge in [0.1, 0.15) is 28.4 Å². The van der Waals surface area contributed by atoms with Crippen LogP contribution in [0.3, 0.4) is 0 Å². The maximum absolute atomic E-state index is 13.1. The van der Waals surface area contributed by atoms with Crippen LogP contribution in [0, 0.1) is 18.7 Å². The van der Waals surface area contributed by atoms with E-state index in [0.717, 1.165) is 28.9 Å². The molecule has 1 aromatic heterocycles. The summed E-state index contributed by atoms with van der Waals surface area (Å²) in [5, 5.41) is 0.556. The van der Waals surface area contributed by atoms with Crippen LogP contribution in [0.4, 0.5) is 4.39 Å². The number of nitrogens with one attached hydrogen (secondary N) is 1. The van der Waals surface area contributed by atoms with Crippen LogP contribution in [0.2, 0.25) is 5.02 Å². The van der Waals surface area contributed by atoms with E-state index in [0.29, 0.717) is 34.5 Å². The third-order valence-electron chi connectivity index (χ3n) is 5.38. The van der Waals surface area contributed by atoms with Gasteiger partial charge in [-0.15, -0.1) is 0 Å². The monoisotopic (exact) mass is 400 g/mol. The zero-order chi connectivity index (χ0) is 20.1. The third kappa shape index (κ3) is 3.11. The molecular weight excluding hydrogens is 379 g/mol. The van der Waals surface area contributed by atoms with E-state index in [1.807, 2.05) is 13.0 Å². The molecule has 2 atom stereocenters. The van der Waals surface area contributed by atoms with Gasteiger partial charge in [-0.1, -0.05) is 30.7 Å². The molecule has 3 N–H and O–H groups in total.